The molecular weight excluding hydrogens is 347 g/mol. The standard InChI is InChI=1S/C17H17FN2O4S/c1-24-12-4-2-3-11(9-12)16-7-8-20(16)17(21)14-10-13(25(19,22)23)5-6-15(14)18/h2-6,9-10,16H,7-8H2,1H3,(H2,19,22,23)/t16-/m0/s1. The van der Waals surface area contributed by atoms with Crippen molar-refractivity contribution in [2.24, 2.45) is 5.14 Å². The number of amides is 1. The predicted octanol–water partition coefficient (Wildman–Crippen LogP) is 2.07. The SMILES string of the molecule is COc1cccc([C@@H]2CCN2C(=O)c2cc(S(N)(=O)=O)ccc2F)c1. The first kappa shape index (κ1) is 17.4. The number of nitrogens with zero attached hydrogens (tertiary/aromatic N) is 1. The van der Waals surface area contributed by atoms with Gasteiger partial charge in [0.15, 0.2) is 0 Å². The third-order valence-corrected chi connectivity index (χ3v) is 5.17. The summed E-state index contributed by atoms with van der Waals surface area (Å²) in [5, 5.41) is 5.06. The molecule has 3 rings (SSSR count). The number of hydrogen-bond acceptors (Lipinski definition) is 4. The lowest BCUT2D eigenvalue weighted by Crippen LogP contribution is -2.45. The summed E-state index contributed by atoms with van der Waals surface area (Å²) in [7, 11) is -2.47. The normalized spacial score (nSPS) is 17.1. The summed E-state index contributed by atoms with van der Waals surface area (Å²) < 4.78 is 42.1. The number of nitrogens with two attached hydrogens (primary N) is 1. The summed E-state index contributed by atoms with van der Waals surface area (Å²) in [6, 6.07) is 10.0. The van der Waals surface area contributed by atoms with Crippen LogP contribution >= 0.6 is 0 Å². The van der Waals surface area contributed by atoms with E-state index in [1.165, 1.54) is 4.90 Å². The highest BCUT2D eigenvalue weighted by molar-refractivity contribution is 7.89. The Bertz CT molecular complexity index is 930. The first-order chi connectivity index (χ1) is 11.8. The van der Waals surface area contributed by atoms with E-state index >= 15 is 0 Å². The summed E-state index contributed by atoms with van der Waals surface area (Å²) in [5.41, 5.74) is 0.570. The van der Waals surface area contributed by atoms with Crippen LogP contribution in [0.1, 0.15) is 28.4 Å². The Morgan fingerprint density at radius 3 is 2.64 bits per heavy atom. The molecule has 2 aromatic rings. The van der Waals surface area contributed by atoms with Crippen molar-refractivity contribution in [3.8, 4) is 5.75 Å². The minimum absolute atomic E-state index is 0.208. The van der Waals surface area contributed by atoms with Crippen molar-refractivity contribution in [1.29, 1.82) is 0 Å². The molecule has 0 aromatic heterocycles. The van der Waals surface area contributed by atoms with Crippen LogP contribution in [-0.2, 0) is 10.0 Å². The van der Waals surface area contributed by atoms with E-state index in [0.717, 1.165) is 30.2 Å². The minimum atomic E-state index is -4.02. The van der Waals surface area contributed by atoms with Gasteiger partial charge in [-0.15, -0.1) is 0 Å². The molecule has 0 unspecified atom stereocenters. The summed E-state index contributed by atoms with van der Waals surface area (Å²) in [4.78, 5) is 13.9. The van der Waals surface area contributed by atoms with Crippen LogP contribution in [0.4, 0.5) is 4.39 Å². The molecule has 25 heavy (non-hydrogen) atoms. The Kier molecular flexibility index (Phi) is 4.49. The van der Waals surface area contributed by atoms with Crippen LogP contribution in [0.15, 0.2) is 47.4 Å². The van der Waals surface area contributed by atoms with E-state index in [2.05, 4.69) is 0 Å². The Morgan fingerprint density at radius 2 is 2.04 bits per heavy atom. The van der Waals surface area contributed by atoms with Gasteiger partial charge in [-0.25, -0.2) is 17.9 Å². The Labute approximate surface area is 145 Å². The highest BCUT2D eigenvalue weighted by Crippen LogP contribution is 2.36. The Balaban J connectivity index is 1.91. The number of primary sulfonamides is 1. The monoisotopic (exact) mass is 364 g/mol. The van der Waals surface area contributed by atoms with Gasteiger partial charge in [0.05, 0.1) is 23.6 Å². The van der Waals surface area contributed by atoms with E-state index in [1.54, 1.807) is 13.2 Å². The molecule has 2 aromatic carbocycles. The lowest BCUT2D eigenvalue weighted by molar-refractivity contribution is 0.0455. The molecule has 132 valence electrons. The van der Waals surface area contributed by atoms with E-state index < -0.39 is 21.7 Å². The highest BCUT2D eigenvalue weighted by Gasteiger charge is 2.35. The smallest absolute Gasteiger partial charge is 0.257 e. The quantitative estimate of drug-likeness (QED) is 0.899. The molecule has 1 amide bonds. The van der Waals surface area contributed by atoms with Crippen LogP contribution < -0.4 is 9.88 Å². The maximum Gasteiger partial charge on any atom is 0.257 e. The van der Waals surface area contributed by atoms with Crippen LogP contribution in [0.3, 0.4) is 0 Å². The Morgan fingerprint density at radius 1 is 1.28 bits per heavy atom. The number of benzene rings is 2. The second kappa shape index (κ2) is 6.45. The lowest BCUT2D eigenvalue weighted by Gasteiger charge is -2.41. The molecule has 1 atom stereocenters. The first-order valence-electron chi connectivity index (χ1n) is 7.58. The van der Waals surface area contributed by atoms with Gasteiger partial charge >= 0.3 is 0 Å². The van der Waals surface area contributed by atoms with E-state index in [1.807, 2.05) is 18.2 Å². The summed E-state index contributed by atoms with van der Waals surface area (Å²) in [5.74, 6) is -0.685. The van der Waals surface area contributed by atoms with Crippen LogP contribution in [0, 0.1) is 5.82 Å². The minimum Gasteiger partial charge on any atom is -0.497 e. The average molecular weight is 364 g/mol. The molecular formula is C17H17FN2O4S. The highest BCUT2D eigenvalue weighted by atomic mass is 32.2. The van der Waals surface area contributed by atoms with Crippen molar-refractivity contribution in [3.05, 3.63) is 59.4 Å². The van der Waals surface area contributed by atoms with Gasteiger partial charge in [-0.2, -0.15) is 0 Å². The van der Waals surface area contributed by atoms with Crippen LogP contribution in [0.2, 0.25) is 0 Å². The zero-order valence-electron chi connectivity index (χ0n) is 13.5. The predicted molar refractivity (Wildman–Crippen MR) is 89.2 cm³/mol. The molecule has 0 radical (unpaired) electrons. The third kappa shape index (κ3) is 3.35. The topological polar surface area (TPSA) is 89.7 Å². The molecule has 0 bridgehead atoms. The number of ether oxygens (including phenoxy) is 1. The van der Waals surface area contributed by atoms with Gasteiger partial charge in [0, 0.05) is 6.54 Å². The van der Waals surface area contributed by atoms with Crippen molar-refractivity contribution < 1.29 is 22.3 Å². The van der Waals surface area contributed by atoms with Crippen molar-refractivity contribution in [3.63, 3.8) is 0 Å². The maximum absolute atomic E-state index is 14.1. The van der Waals surface area contributed by atoms with Gasteiger partial charge in [-0.1, -0.05) is 12.1 Å². The molecule has 8 heteroatoms. The van der Waals surface area contributed by atoms with Gasteiger partial charge in [0.2, 0.25) is 10.0 Å². The molecule has 1 saturated heterocycles. The molecule has 0 aliphatic carbocycles. The van der Waals surface area contributed by atoms with Crippen LogP contribution in [-0.4, -0.2) is 32.9 Å². The number of carbonyl (C=O) groups excluding carboxylic acids is 1. The van der Waals surface area contributed by atoms with E-state index in [9.17, 15) is 17.6 Å². The van der Waals surface area contributed by atoms with E-state index in [4.69, 9.17) is 9.88 Å². The molecule has 0 spiro atoms. The number of sulfonamides is 1. The number of halogens is 1. The average Bonchev–Trinajstić information content (AvgIpc) is 2.53. The molecule has 1 aliphatic heterocycles. The lowest BCUT2D eigenvalue weighted by atomic mass is 9.93. The van der Waals surface area contributed by atoms with Crippen LogP contribution in [0.25, 0.3) is 0 Å². The third-order valence-electron chi connectivity index (χ3n) is 4.26. The largest absolute Gasteiger partial charge is 0.497 e. The molecule has 6 nitrogen and oxygen atoms in total. The molecule has 1 heterocycles. The fourth-order valence-electron chi connectivity index (χ4n) is 2.83. The number of rotatable bonds is 4. The van der Waals surface area contributed by atoms with E-state index in [-0.39, 0.29) is 16.5 Å². The number of carbonyl (C=O) groups is 1. The zero-order chi connectivity index (χ0) is 18.2. The maximum atomic E-state index is 14.1. The number of methoxy groups -OCH3 is 1. The van der Waals surface area contributed by atoms with E-state index in [0.29, 0.717) is 12.3 Å². The summed E-state index contributed by atoms with van der Waals surface area (Å²) in [6.45, 7) is 0.458. The second-order valence-corrected chi connectivity index (χ2v) is 7.33. The Hall–Kier alpha value is -2.45. The summed E-state index contributed by atoms with van der Waals surface area (Å²) in [6.07, 6.45) is 0.732. The number of likely N-dealkylation sites (tertiary alicyclic amines) is 1. The molecule has 1 fully saturated rings. The fourth-order valence-corrected chi connectivity index (χ4v) is 3.37. The van der Waals surface area contributed by atoms with Gasteiger partial charge in [-0.05, 0) is 42.3 Å². The van der Waals surface area contributed by atoms with Gasteiger partial charge in [0.25, 0.3) is 5.91 Å². The van der Waals surface area contributed by atoms with Crippen LogP contribution in [0.5, 0.6) is 5.75 Å². The molecule has 2 N–H and O–H groups in total. The molecule has 1 aliphatic rings. The van der Waals surface area contributed by atoms with Gasteiger partial charge in [-0.3, -0.25) is 4.79 Å². The number of hydrogen-bond donors (Lipinski definition) is 1. The first-order valence-corrected chi connectivity index (χ1v) is 9.13. The zero-order valence-corrected chi connectivity index (χ0v) is 14.3. The van der Waals surface area contributed by atoms with Crippen molar-refractivity contribution >= 4 is 15.9 Å². The van der Waals surface area contributed by atoms with Crippen molar-refractivity contribution in [2.75, 3.05) is 13.7 Å². The van der Waals surface area contributed by atoms with Crippen molar-refractivity contribution in [1.82, 2.24) is 4.90 Å². The fraction of sp³-hybridized carbons (Fsp3) is 0.235. The second-order valence-electron chi connectivity index (χ2n) is 5.77. The summed E-state index contributed by atoms with van der Waals surface area (Å²) >= 11 is 0. The van der Waals surface area contributed by atoms with Gasteiger partial charge in [0.1, 0.15) is 11.6 Å². The molecule has 0 saturated carbocycles. The van der Waals surface area contributed by atoms with Gasteiger partial charge < -0.3 is 9.64 Å². The van der Waals surface area contributed by atoms with Crippen molar-refractivity contribution in [2.45, 2.75) is 17.4 Å².